The summed E-state index contributed by atoms with van der Waals surface area (Å²) in [6.45, 7) is 7.74. The number of hydrogen-bond donors (Lipinski definition) is 1. The molecule has 0 saturated carbocycles. The quantitative estimate of drug-likeness (QED) is 0.636. The van der Waals surface area contributed by atoms with Gasteiger partial charge in [0.2, 0.25) is 0 Å². The van der Waals surface area contributed by atoms with Gasteiger partial charge < -0.3 is 5.11 Å². The van der Waals surface area contributed by atoms with Crippen molar-refractivity contribution >= 4 is 5.97 Å². The largest absolute Gasteiger partial charge is 0.478 e. The molecule has 0 aliphatic carbocycles. The number of carbonyl (C=O) groups is 1. The van der Waals surface area contributed by atoms with Gasteiger partial charge in [-0.1, -0.05) is 33.8 Å². The number of hydrogen-bond acceptors (Lipinski definition) is 1. The maximum Gasteiger partial charge on any atom is 0.331 e. The van der Waals surface area contributed by atoms with E-state index in [1.165, 1.54) is 0 Å². The first-order valence-electron chi connectivity index (χ1n) is 3.90. The molecular formula is C9H16O2. The molecule has 0 amide bonds. The van der Waals surface area contributed by atoms with Crippen molar-refractivity contribution in [3.05, 3.63) is 11.6 Å². The van der Waals surface area contributed by atoms with Crippen molar-refractivity contribution in [2.24, 2.45) is 11.8 Å². The highest BCUT2D eigenvalue weighted by Crippen LogP contribution is 2.12. The first kappa shape index (κ1) is 10.2. The van der Waals surface area contributed by atoms with E-state index in [0.717, 1.165) is 0 Å². The van der Waals surface area contributed by atoms with Crippen LogP contribution in [-0.2, 0) is 4.79 Å². The van der Waals surface area contributed by atoms with Gasteiger partial charge in [0, 0.05) is 5.57 Å². The Balaban J connectivity index is 4.47. The highest BCUT2D eigenvalue weighted by atomic mass is 16.4. The summed E-state index contributed by atoms with van der Waals surface area (Å²) in [4.78, 5) is 10.6. The Bertz CT molecular complexity index is 166. The molecule has 0 bridgehead atoms. The number of carboxylic acid groups (broad SMARTS) is 1. The fourth-order valence-corrected chi connectivity index (χ4v) is 0.870. The average Bonchev–Trinajstić information content (AvgIpc) is 1.81. The van der Waals surface area contributed by atoms with Crippen molar-refractivity contribution in [1.29, 1.82) is 0 Å². The second-order valence-corrected chi connectivity index (χ2v) is 3.33. The van der Waals surface area contributed by atoms with Gasteiger partial charge in [0.15, 0.2) is 0 Å². The predicted molar refractivity (Wildman–Crippen MR) is 45.4 cm³/mol. The summed E-state index contributed by atoms with van der Waals surface area (Å²) in [6.07, 6.45) is 1.80. The van der Waals surface area contributed by atoms with Crippen LogP contribution < -0.4 is 0 Å². The van der Waals surface area contributed by atoms with E-state index in [9.17, 15) is 4.79 Å². The van der Waals surface area contributed by atoms with E-state index >= 15 is 0 Å². The van der Waals surface area contributed by atoms with Crippen LogP contribution in [0.15, 0.2) is 11.6 Å². The molecule has 1 N–H and O–H groups in total. The standard InChI is InChI=1S/C9H16O2/c1-6(2)5-8(7(3)4)9(10)11/h5-7H,1-4H3,(H,10,11). The Morgan fingerprint density at radius 2 is 1.73 bits per heavy atom. The van der Waals surface area contributed by atoms with Gasteiger partial charge >= 0.3 is 5.97 Å². The smallest absolute Gasteiger partial charge is 0.331 e. The zero-order valence-electron chi connectivity index (χ0n) is 7.59. The maximum absolute atomic E-state index is 10.6. The van der Waals surface area contributed by atoms with Crippen molar-refractivity contribution < 1.29 is 9.90 Å². The van der Waals surface area contributed by atoms with E-state index in [2.05, 4.69) is 0 Å². The molecule has 0 heterocycles. The van der Waals surface area contributed by atoms with E-state index in [4.69, 9.17) is 5.11 Å². The molecule has 0 spiro atoms. The minimum atomic E-state index is -0.797. The van der Waals surface area contributed by atoms with Gasteiger partial charge in [-0.15, -0.1) is 0 Å². The molecule has 0 aliphatic rings. The van der Waals surface area contributed by atoms with Gasteiger partial charge in [-0.2, -0.15) is 0 Å². The normalized spacial score (nSPS) is 12.7. The van der Waals surface area contributed by atoms with Gasteiger partial charge in [-0.25, -0.2) is 4.79 Å². The van der Waals surface area contributed by atoms with E-state index in [-0.39, 0.29) is 5.92 Å². The summed E-state index contributed by atoms with van der Waals surface area (Å²) in [5, 5.41) is 8.72. The molecule has 0 rings (SSSR count). The van der Waals surface area contributed by atoms with E-state index < -0.39 is 5.97 Å². The lowest BCUT2D eigenvalue weighted by molar-refractivity contribution is -0.133. The van der Waals surface area contributed by atoms with Gasteiger partial charge in [0.25, 0.3) is 0 Å². The molecule has 0 aliphatic heterocycles. The van der Waals surface area contributed by atoms with Crippen LogP contribution in [0.2, 0.25) is 0 Å². The highest BCUT2D eigenvalue weighted by Gasteiger charge is 2.11. The van der Waals surface area contributed by atoms with Crippen molar-refractivity contribution in [1.82, 2.24) is 0 Å². The Labute approximate surface area is 67.9 Å². The van der Waals surface area contributed by atoms with Crippen LogP contribution in [0.3, 0.4) is 0 Å². The Kier molecular flexibility index (Phi) is 3.86. The SMILES string of the molecule is CC(C)C=C(C(=O)O)C(C)C. The monoisotopic (exact) mass is 156 g/mol. The number of rotatable bonds is 3. The Morgan fingerprint density at radius 3 is 1.82 bits per heavy atom. The molecule has 0 aromatic carbocycles. The second-order valence-electron chi connectivity index (χ2n) is 3.33. The fourth-order valence-electron chi connectivity index (χ4n) is 0.870. The lowest BCUT2D eigenvalue weighted by atomic mass is 9.99. The molecule has 2 nitrogen and oxygen atoms in total. The van der Waals surface area contributed by atoms with Crippen LogP contribution in [-0.4, -0.2) is 11.1 Å². The lowest BCUT2D eigenvalue weighted by Crippen LogP contribution is -2.08. The molecule has 0 radical (unpaired) electrons. The Hall–Kier alpha value is -0.790. The second kappa shape index (κ2) is 4.16. The predicted octanol–water partition coefficient (Wildman–Crippen LogP) is 2.31. The number of allylic oxidation sites excluding steroid dienone is 1. The van der Waals surface area contributed by atoms with Crippen LogP contribution >= 0.6 is 0 Å². The fraction of sp³-hybridized carbons (Fsp3) is 0.667. The molecule has 0 aromatic heterocycles. The van der Waals surface area contributed by atoms with Crippen LogP contribution in [0.4, 0.5) is 0 Å². The lowest BCUT2D eigenvalue weighted by Gasteiger charge is -2.06. The molecular weight excluding hydrogens is 140 g/mol. The minimum Gasteiger partial charge on any atom is -0.478 e. The zero-order chi connectivity index (χ0) is 9.02. The molecule has 0 atom stereocenters. The molecule has 0 fully saturated rings. The Morgan fingerprint density at radius 1 is 1.27 bits per heavy atom. The van der Waals surface area contributed by atoms with Crippen molar-refractivity contribution in [3.63, 3.8) is 0 Å². The maximum atomic E-state index is 10.6. The number of carboxylic acids is 1. The van der Waals surface area contributed by atoms with Crippen LogP contribution in [0, 0.1) is 11.8 Å². The summed E-state index contributed by atoms with van der Waals surface area (Å²) in [6, 6.07) is 0. The van der Waals surface area contributed by atoms with Crippen LogP contribution in [0.1, 0.15) is 27.7 Å². The van der Waals surface area contributed by atoms with Gasteiger partial charge in [-0.05, 0) is 11.8 Å². The summed E-state index contributed by atoms with van der Waals surface area (Å²) < 4.78 is 0. The zero-order valence-corrected chi connectivity index (χ0v) is 7.59. The minimum absolute atomic E-state index is 0.106. The molecule has 0 unspecified atom stereocenters. The van der Waals surface area contributed by atoms with Crippen LogP contribution in [0.5, 0.6) is 0 Å². The summed E-state index contributed by atoms with van der Waals surface area (Å²) >= 11 is 0. The van der Waals surface area contributed by atoms with Crippen molar-refractivity contribution in [2.75, 3.05) is 0 Å². The number of aliphatic carboxylic acids is 1. The molecule has 2 heteroatoms. The van der Waals surface area contributed by atoms with E-state index in [1.54, 1.807) is 6.08 Å². The average molecular weight is 156 g/mol. The third-order valence-corrected chi connectivity index (χ3v) is 1.38. The van der Waals surface area contributed by atoms with Gasteiger partial charge in [-0.3, -0.25) is 0 Å². The van der Waals surface area contributed by atoms with Crippen molar-refractivity contribution in [3.8, 4) is 0 Å². The van der Waals surface area contributed by atoms with Gasteiger partial charge in [0.1, 0.15) is 0 Å². The van der Waals surface area contributed by atoms with Crippen molar-refractivity contribution in [2.45, 2.75) is 27.7 Å². The third kappa shape index (κ3) is 3.81. The third-order valence-electron chi connectivity index (χ3n) is 1.38. The molecule has 0 aromatic rings. The summed E-state index contributed by atoms with van der Waals surface area (Å²) in [7, 11) is 0. The van der Waals surface area contributed by atoms with E-state index in [1.807, 2.05) is 27.7 Å². The first-order chi connectivity index (χ1) is 4.95. The molecule has 11 heavy (non-hydrogen) atoms. The molecule has 64 valence electrons. The summed E-state index contributed by atoms with van der Waals surface area (Å²) in [5.74, 6) is -0.382. The highest BCUT2D eigenvalue weighted by molar-refractivity contribution is 5.86. The topological polar surface area (TPSA) is 37.3 Å². The first-order valence-corrected chi connectivity index (χ1v) is 3.90. The van der Waals surface area contributed by atoms with E-state index in [0.29, 0.717) is 11.5 Å². The summed E-state index contributed by atoms with van der Waals surface area (Å²) in [5.41, 5.74) is 0.514. The van der Waals surface area contributed by atoms with Crippen LogP contribution in [0.25, 0.3) is 0 Å². The van der Waals surface area contributed by atoms with Gasteiger partial charge in [0.05, 0.1) is 0 Å². The molecule has 0 saturated heterocycles.